The molecule has 3 unspecified atom stereocenters. The fourth-order valence-corrected chi connectivity index (χ4v) is 1.41. The monoisotopic (exact) mass is 262 g/mol. The second-order valence-electron chi connectivity index (χ2n) is 3.69. The predicted octanol–water partition coefficient (Wildman–Crippen LogP) is 1.60. The van der Waals surface area contributed by atoms with E-state index in [-0.39, 0.29) is 6.42 Å². The molecule has 0 spiro atoms. The summed E-state index contributed by atoms with van der Waals surface area (Å²) in [7, 11) is 0. The van der Waals surface area contributed by atoms with Gasteiger partial charge in [0.1, 0.15) is 6.10 Å². The molecule has 0 saturated carbocycles. The van der Waals surface area contributed by atoms with Crippen molar-refractivity contribution in [1.29, 1.82) is 0 Å². The Bertz CT molecular complexity index is 289. The minimum absolute atomic E-state index is 0.0438. The highest BCUT2D eigenvalue weighted by Crippen LogP contribution is 2.37. The largest absolute Gasteiger partial charge is 0.495 e. The molecule has 1 aliphatic heterocycles. The zero-order valence-electron chi connectivity index (χ0n) is 8.49. The highest BCUT2D eigenvalue weighted by atomic mass is 19.4. The van der Waals surface area contributed by atoms with Crippen LogP contribution in [0.15, 0.2) is 12.3 Å². The van der Waals surface area contributed by atoms with E-state index >= 15 is 0 Å². The van der Waals surface area contributed by atoms with Crippen LogP contribution in [-0.4, -0.2) is 40.6 Å². The molecule has 0 aliphatic carbocycles. The maximum atomic E-state index is 13.2. The molecular formula is C9H11F5O3. The Hall–Kier alpha value is -0.890. The third kappa shape index (κ3) is 3.06. The van der Waals surface area contributed by atoms with E-state index in [0.717, 1.165) is 6.26 Å². The SMILES string of the molecule is OC(C1CCC=CO1)C(F)(F)C(O)C(F)(F)F. The molecule has 3 atom stereocenters. The molecule has 0 fully saturated rings. The maximum absolute atomic E-state index is 13.2. The molecule has 2 N–H and O–H groups in total. The quantitative estimate of drug-likeness (QED) is 0.759. The zero-order chi connectivity index (χ0) is 13.3. The molecule has 0 aromatic heterocycles. The Labute approximate surface area is 93.5 Å². The van der Waals surface area contributed by atoms with Gasteiger partial charge in [0.05, 0.1) is 6.26 Å². The normalized spacial score (nSPS) is 25.2. The predicted molar refractivity (Wildman–Crippen MR) is 46.3 cm³/mol. The first-order valence-corrected chi connectivity index (χ1v) is 4.78. The van der Waals surface area contributed by atoms with Gasteiger partial charge in [-0.05, 0) is 18.9 Å². The standard InChI is InChI=1S/C9H11F5O3/c10-8(11,7(16)9(12,13)14)6(15)5-3-1-2-4-17-5/h2,4-7,15-16H,1,3H2. The first-order chi connectivity index (χ1) is 7.67. The molecule has 0 bridgehead atoms. The van der Waals surface area contributed by atoms with Crippen molar-refractivity contribution in [3.8, 4) is 0 Å². The lowest BCUT2D eigenvalue weighted by atomic mass is 9.97. The van der Waals surface area contributed by atoms with Crippen molar-refractivity contribution in [2.24, 2.45) is 0 Å². The molecule has 0 radical (unpaired) electrons. The number of aliphatic hydroxyl groups excluding tert-OH is 2. The summed E-state index contributed by atoms with van der Waals surface area (Å²) in [6.07, 6.45) is -10.8. The Morgan fingerprint density at radius 1 is 1.18 bits per heavy atom. The van der Waals surface area contributed by atoms with Gasteiger partial charge in [0.2, 0.25) is 6.10 Å². The lowest BCUT2D eigenvalue weighted by Gasteiger charge is -2.33. The van der Waals surface area contributed by atoms with Crippen LogP contribution in [0.3, 0.4) is 0 Å². The van der Waals surface area contributed by atoms with Crippen molar-refractivity contribution < 1.29 is 36.9 Å². The number of hydrogen-bond acceptors (Lipinski definition) is 3. The minimum atomic E-state index is -5.50. The van der Waals surface area contributed by atoms with E-state index < -0.39 is 30.4 Å². The molecule has 8 heteroatoms. The van der Waals surface area contributed by atoms with Gasteiger partial charge in [-0.1, -0.05) is 0 Å². The van der Waals surface area contributed by atoms with E-state index in [9.17, 15) is 22.0 Å². The van der Waals surface area contributed by atoms with Crippen molar-refractivity contribution in [2.75, 3.05) is 0 Å². The van der Waals surface area contributed by atoms with Crippen LogP contribution in [0.5, 0.6) is 0 Å². The fourth-order valence-electron chi connectivity index (χ4n) is 1.41. The average Bonchev–Trinajstić information content (AvgIpc) is 2.27. The highest BCUT2D eigenvalue weighted by Gasteiger charge is 2.60. The molecule has 0 saturated heterocycles. The minimum Gasteiger partial charge on any atom is -0.495 e. The Kier molecular flexibility index (Phi) is 3.98. The van der Waals surface area contributed by atoms with Gasteiger partial charge in [-0.3, -0.25) is 0 Å². The van der Waals surface area contributed by atoms with Gasteiger partial charge < -0.3 is 14.9 Å². The molecule has 0 amide bonds. The molecule has 0 aromatic carbocycles. The summed E-state index contributed by atoms with van der Waals surface area (Å²) < 4.78 is 66.9. The highest BCUT2D eigenvalue weighted by molar-refractivity contribution is 4.95. The average molecular weight is 262 g/mol. The maximum Gasteiger partial charge on any atom is 0.420 e. The van der Waals surface area contributed by atoms with Crippen LogP contribution in [0.2, 0.25) is 0 Å². The van der Waals surface area contributed by atoms with E-state index in [2.05, 4.69) is 4.74 Å². The molecule has 1 aliphatic rings. The third-order valence-corrected chi connectivity index (χ3v) is 2.39. The van der Waals surface area contributed by atoms with Gasteiger partial charge in [-0.2, -0.15) is 13.2 Å². The van der Waals surface area contributed by atoms with E-state index in [1.165, 1.54) is 6.08 Å². The number of halogens is 5. The van der Waals surface area contributed by atoms with Gasteiger partial charge in [0.15, 0.2) is 6.10 Å². The van der Waals surface area contributed by atoms with E-state index in [4.69, 9.17) is 10.2 Å². The molecular weight excluding hydrogens is 251 g/mol. The van der Waals surface area contributed by atoms with Crippen molar-refractivity contribution in [3.63, 3.8) is 0 Å². The molecule has 17 heavy (non-hydrogen) atoms. The lowest BCUT2D eigenvalue weighted by molar-refractivity contribution is -0.299. The second-order valence-corrected chi connectivity index (χ2v) is 3.69. The topological polar surface area (TPSA) is 49.7 Å². The van der Waals surface area contributed by atoms with E-state index in [1.54, 1.807) is 0 Å². The van der Waals surface area contributed by atoms with Crippen LogP contribution < -0.4 is 0 Å². The summed E-state index contributed by atoms with van der Waals surface area (Å²) in [5.74, 6) is -4.71. The summed E-state index contributed by atoms with van der Waals surface area (Å²) in [5.41, 5.74) is 0. The fraction of sp³-hybridized carbons (Fsp3) is 0.778. The van der Waals surface area contributed by atoms with Crippen molar-refractivity contribution in [1.82, 2.24) is 0 Å². The lowest BCUT2D eigenvalue weighted by Crippen LogP contribution is -2.56. The molecule has 3 nitrogen and oxygen atoms in total. The van der Waals surface area contributed by atoms with Crippen LogP contribution in [-0.2, 0) is 4.74 Å². The summed E-state index contributed by atoms with van der Waals surface area (Å²) in [5, 5.41) is 17.7. The van der Waals surface area contributed by atoms with Crippen LogP contribution >= 0.6 is 0 Å². The number of hydrogen-bond donors (Lipinski definition) is 2. The number of allylic oxidation sites excluding steroid dienone is 1. The van der Waals surface area contributed by atoms with Gasteiger partial charge >= 0.3 is 12.1 Å². The van der Waals surface area contributed by atoms with E-state index in [1.807, 2.05) is 0 Å². The second kappa shape index (κ2) is 4.77. The first-order valence-electron chi connectivity index (χ1n) is 4.78. The van der Waals surface area contributed by atoms with Crippen molar-refractivity contribution >= 4 is 0 Å². The van der Waals surface area contributed by atoms with Gasteiger partial charge in [-0.25, -0.2) is 8.78 Å². The Balaban J connectivity index is 2.78. The van der Waals surface area contributed by atoms with Crippen LogP contribution in [0.25, 0.3) is 0 Å². The van der Waals surface area contributed by atoms with Gasteiger partial charge in [0, 0.05) is 0 Å². The summed E-state index contributed by atoms with van der Waals surface area (Å²) in [6, 6.07) is 0. The molecule has 0 aromatic rings. The van der Waals surface area contributed by atoms with Crippen LogP contribution in [0.4, 0.5) is 22.0 Å². The van der Waals surface area contributed by atoms with Gasteiger partial charge in [0.25, 0.3) is 0 Å². The summed E-state index contributed by atoms with van der Waals surface area (Å²) >= 11 is 0. The van der Waals surface area contributed by atoms with Crippen LogP contribution in [0.1, 0.15) is 12.8 Å². The molecule has 1 rings (SSSR count). The van der Waals surface area contributed by atoms with Crippen LogP contribution in [0, 0.1) is 0 Å². The number of aliphatic hydroxyl groups is 2. The first kappa shape index (κ1) is 14.2. The van der Waals surface area contributed by atoms with Crippen molar-refractivity contribution in [2.45, 2.75) is 43.3 Å². The summed E-state index contributed by atoms with van der Waals surface area (Å²) in [6.45, 7) is 0. The third-order valence-electron chi connectivity index (χ3n) is 2.39. The number of rotatable bonds is 3. The van der Waals surface area contributed by atoms with Gasteiger partial charge in [-0.15, -0.1) is 0 Å². The van der Waals surface area contributed by atoms with Crippen molar-refractivity contribution in [3.05, 3.63) is 12.3 Å². The Morgan fingerprint density at radius 2 is 1.76 bits per heavy atom. The van der Waals surface area contributed by atoms with E-state index in [0.29, 0.717) is 6.42 Å². The Morgan fingerprint density at radius 3 is 2.18 bits per heavy atom. The smallest absolute Gasteiger partial charge is 0.420 e. The summed E-state index contributed by atoms with van der Waals surface area (Å²) in [4.78, 5) is 0. The number of alkyl halides is 5. The zero-order valence-corrected chi connectivity index (χ0v) is 8.49. The molecule has 100 valence electrons. The molecule has 1 heterocycles. The number of ether oxygens (including phenoxy) is 1.